The van der Waals surface area contributed by atoms with Gasteiger partial charge in [0.1, 0.15) is 5.15 Å². The first-order valence-corrected chi connectivity index (χ1v) is 8.16. The lowest BCUT2D eigenvalue weighted by Crippen LogP contribution is -2.54. The smallest absolute Gasteiger partial charge is 0.249 e. The number of carbonyl (C=O) groups excluding carboxylic acids is 1. The third-order valence-electron chi connectivity index (χ3n) is 4.32. The minimum Gasteiger partial charge on any atom is -0.368 e. The second-order valence-electron chi connectivity index (χ2n) is 6.31. The van der Waals surface area contributed by atoms with Crippen molar-refractivity contribution in [2.75, 3.05) is 18.0 Å². The molecule has 2 aromatic rings. The summed E-state index contributed by atoms with van der Waals surface area (Å²) in [6, 6.07) is 6.57. The summed E-state index contributed by atoms with van der Waals surface area (Å²) in [5.74, 6) is -0.472. The molecule has 23 heavy (non-hydrogen) atoms. The van der Waals surface area contributed by atoms with Crippen LogP contribution in [0.2, 0.25) is 5.15 Å². The molecule has 1 aromatic carbocycles. The number of aromatic nitrogens is 1. The molecule has 0 radical (unpaired) electrons. The Hall–Kier alpha value is -1.85. The average molecular weight is 333 g/mol. The van der Waals surface area contributed by atoms with Crippen LogP contribution in [0.15, 0.2) is 18.2 Å². The van der Waals surface area contributed by atoms with Crippen LogP contribution in [-0.2, 0) is 0 Å². The Kier molecular flexibility index (Phi) is 4.17. The Morgan fingerprint density at radius 1 is 1.35 bits per heavy atom. The normalized spacial score (nSPS) is 21.7. The van der Waals surface area contributed by atoms with E-state index in [1.165, 1.54) is 0 Å². The molecule has 3 rings (SSSR count). The van der Waals surface area contributed by atoms with Gasteiger partial charge >= 0.3 is 0 Å². The van der Waals surface area contributed by atoms with E-state index in [1.807, 2.05) is 18.2 Å². The fourth-order valence-electron chi connectivity index (χ4n) is 3.45. The number of hydrogen-bond acceptors (Lipinski definition) is 4. The van der Waals surface area contributed by atoms with Crippen LogP contribution in [0.25, 0.3) is 10.9 Å². The molecule has 6 heteroatoms. The summed E-state index contributed by atoms with van der Waals surface area (Å²) in [4.78, 5) is 18.8. The summed E-state index contributed by atoms with van der Waals surface area (Å²) < 4.78 is 0. The molecule has 0 aliphatic carbocycles. The van der Waals surface area contributed by atoms with Crippen molar-refractivity contribution in [1.29, 1.82) is 0 Å². The molecule has 2 atom stereocenters. The number of nitrogens with two attached hydrogens (primary N) is 1. The fraction of sp³-hybridized carbons (Fsp3) is 0.412. The number of pyridine rings is 1. The number of benzene rings is 1. The molecule has 3 N–H and O–H groups in total. The van der Waals surface area contributed by atoms with E-state index in [4.69, 9.17) is 17.3 Å². The summed E-state index contributed by atoms with van der Waals surface area (Å²) in [6.07, 6.45) is 0. The van der Waals surface area contributed by atoms with Crippen LogP contribution < -0.4 is 16.0 Å². The number of anilines is 1. The molecule has 5 nitrogen and oxygen atoms in total. The first kappa shape index (κ1) is 16.0. The lowest BCUT2D eigenvalue weighted by molar-refractivity contribution is 0.100. The van der Waals surface area contributed by atoms with Gasteiger partial charge < -0.3 is 16.0 Å². The van der Waals surface area contributed by atoms with Crippen LogP contribution in [-0.4, -0.2) is 36.1 Å². The van der Waals surface area contributed by atoms with E-state index in [2.05, 4.69) is 29.0 Å². The van der Waals surface area contributed by atoms with Crippen molar-refractivity contribution < 1.29 is 4.79 Å². The van der Waals surface area contributed by atoms with Gasteiger partial charge in [0, 0.05) is 36.2 Å². The zero-order valence-electron chi connectivity index (χ0n) is 13.6. The zero-order chi connectivity index (χ0) is 16.7. The topological polar surface area (TPSA) is 71.2 Å². The molecule has 1 saturated heterocycles. The molecular formula is C17H21ClN4O. The monoisotopic (exact) mass is 332 g/mol. The van der Waals surface area contributed by atoms with Crippen LogP contribution in [0.5, 0.6) is 0 Å². The SMILES string of the molecule is Cc1c(Cl)nc2cccc(N3C[C@@H](C)N[C@@H](C)C3)c2c1C(N)=O. The highest BCUT2D eigenvalue weighted by Crippen LogP contribution is 2.34. The number of carbonyl (C=O) groups is 1. The second-order valence-corrected chi connectivity index (χ2v) is 6.67. The van der Waals surface area contributed by atoms with E-state index in [9.17, 15) is 4.79 Å². The first-order chi connectivity index (χ1) is 10.9. The predicted molar refractivity (Wildman–Crippen MR) is 94.3 cm³/mol. The molecule has 1 aliphatic rings. The Balaban J connectivity index is 2.25. The molecule has 0 saturated carbocycles. The largest absolute Gasteiger partial charge is 0.368 e. The highest BCUT2D eigenvalue weighted by molar-refractivity contribution is 6.31. The average Bonchev–Trinajstić information content (AvgIpc) is 2.46. The molecule has 2 heterocycles. The number of fused-ring (bicyclic) bond motifs is 1. The molecule has 1 aliphatic heterocycles. The number of nitrogens with one attached hydrogen (secondary N) is 1. The van der Waals surface area contributed by atoms with E-state index < -0.39 is 5.91 Å². The van der Waals surface area contributed by atoms with Gasteiger partial charge in [-0.05, 0) is 38.5 Å². The third-order valence-corrected chi connectivity index (χ3v) is 4.69. The maximum Gasteiger partial charge on any atom is 0.249 e. The van der Waals surface area contributed by atoms with Crippen molar-refractivity contribution >= 4 is 34.1 Å². The summed E-state index contributed by atoms with van der Waals surface area (Å²) in [5.41, 5.74) is 8.44. The number of primary amides is 1. The lowest BCUT2D eigenvalue weighted by atomic mass is 10.0. The number of rotatable bonds is 2. The Morgan fingerprint density at radius 2 is 2.00 bits per heavy atom. The van der Waals surface area contributed by atoms with Crippen LogP contribution in [0.3, 0.4) is 0 Å². The number of halogens is 1. The van der Waals surface area contributed by atoms with Gasteiger partial charge in [-0.2, -0.15) is 0 Å². The number of nitrogens with zero attached hydrogens (tertiary/aromatic N) is 2. The van der Waals surface area contributed by atoms with Crippen LogP contribution in [0.4, 0.5) is 5.69 Å². The van der Waals surface area contributed by atoms with E-state index >= 15 is 0 Å². The molecular weight excluding hydrogens is 312 g/mol. The first-order valence-electron chi connectivity index (χ1n) is 7.78. The van der Waals surface area contributed by atoms with Gasteiger partial charge in [0.25, 0.3) is 0 Å². The van der Waals surface area contributed by atoms with Crippen molar-refractivity contribution in [3.8, 4) is 0 Å². The maximum absolute atomic E-state index is 12.1. The Morgan fingerprint density at radius 3 is 2.61 bits per heavy atom. The Labute approximate surface area is 140 Å². The van der Waals surface area contributed by atoms with E-state index in [0.29, 0.717) is 33.9 Å². The van der Waals surface area contributed by atoms with Gasteiger partial charge in [-0.3, -0.25) is 4.79 Å². The molecule has 1 fully saturated rings. The minimum absolute atomic E-state index is 0.325. The van der Waals surface area contributed by atoms with Crippen molar-refractivity contribution in [3.05, 3.63) is 34.5 Å². The lowest BCUT2D eigenvalue weighted by Gasteiger charge is -2.38. The zero-order valence-corrected chi connectivity index (χ0v) is 14.3. The van der Waals surface area contributed by atoms with E-state index in [1.54, 1.807) is 6.92 Å². The van der Waals surface area contributed by atoms with Crippen molar-refractivity contribution in [2.45, 2.75) is 32.9 Å². The van der Waals surface area contributed by atoms with E-state index in [0.717, 1.165) is 24.2 Å². The standard InChI is InChI=1S/C17H21ClN4O/c1-9-7-22(8-10(2)20-9)13-6-4-5-12-15(13)14(17(19)23)11(3)16(18)21-12/h4-6,9-10,20H,7-8H2,1-3H3,(H2,19,23)/t9-,10+. The van der Waals surface area contributed by atoms with Gasteiger partial charge in [-0.15, -0.1) is 0 Å². The second kappa shape index (κ2) is 5.98. The van der Waals surface area contributed by atoms with Gasteiger partial charge in [0.05, 0.1) is 11.1 Å². The van der Waals surface area contributed by atoms with Crippen LogP contribution in [0.1, 0.15) is 29.8 Å². The third kappa shape index (κ3) is 2.86. The predicted octanol–water partition coefficient (Wildman–Crippen LogP) is 2.48. The summed E-state index contributed by atoms with van der Waals surface area (Å²) >= 11 is 6.18. The summed E-state index contributed by atoms with van der Waals surface area (Å²) in [6.45, 7) is 7.83. The summed E-state index contributed by atoms with van der Waals surface area (Å²) in [5, 5.41) is 4.63. The van der Waals surface area contributed by atoms with Crippen LogP contribution in [0, 0.1) is 6.92 Å². The van der Waals surface area contributed by atoms with Gasteiger partial charge in [-0.25, -0.2) is 4.98 Å². The summed E-state index contributed by atoms with van der Waals surface area (Å²) in [7, 11) is 0. The highest BCUT2D eigenvalue weighted by atomic mass is 35.5. The number of hydrogen-bond donors (Lipinski definition) is 2. The molecule has 0 bridgehead atoms. The highest BCUT2D eigenvalue weighted by Gasteiger charge is 2.25. The van der Waals surface area contributed by atoms with E-state index in [-0.39, 0.29) is 0 Å². The van der Waals surface area contributed by atoms with Gasteiger partial charge in [0.15, 0.2) is 0 Å². The van der Waals surface area contributed by atoms with Crippen molar-refractivity contribution in [1.82, 2.24) is 10.3 Å². The Bertz CT molecular complexity index is 767. The maximum atomic E-state index is 12.1. The van der Waals surface area contributed by atoms with Crippen molar-refractivity contribution in [3.63, 3.8) is 0 Å². The molecule has 0 spiro atoms. The minimum atomic E-state index is -0.472. The fourth-order valence-corrected chi connectivity index (χ4v) is 3.64. The molecule has 122 valence electrons. The molecule has 1 amide bonds. The van der Waals surface area contributed by atoms with Gasteiger partial charge in [-0.1, -0.05) is 17.7 Å². The van der Waals surface area contributed by atoms with Crippen molar-refractivity contribution in [2.24, 2.45) is 5.73 Å². The molecule has 1 aromatic heterocycles. The number of amides is 1. The van der Waals surface area contributed by atoms with Gasteiger partial charge in [0.2, 0.25) is 5.91 Å². The van der Waals surface area contributed by atoms with Crippen LogP contribution >= 0.6 is 11.6 Å². The molecule has 0 unspecified atom stereocenters. The number of piperazine rings is 1. The quantitative estimate of drug-likeness (QED) is 0.829.